The third-order valence-electron chi connectivity index (χ3n) is 4.33. The molecular weight excluding hydrogens is 521 g/mol. The van der Waals surface area contributed by atoms with Gasteiger partial charge in [-0.15, -0.1) is 11.3 Å². The Morgan fingerprint density at radius 3 is 2.55 bits per heavy atom. The van der Waals surface area contributed by atoms with Crippen molar-refractivity contribution in [2.24, 2.45) is 0 Å². The lowest BCUT2D eigenvalue weighted by molar-refractivity contribution is 0.0946. The first-order valence-electron chi connectivity index (χ1n) is 8.52. The minimum absolute atomic E-state index is 0.146. The molecule has 146 valence electrons. The summed E-state index contributed by atoms with van der Waals surface area (Å²) in [5, 5.41) is 10.5. The number of nitrogens with two attached hydrogens (primary N) is 1. The van der Waals surface area contributed by atoms with Gasteiger partial charge in [-0.05, 0) is 64.6 Å². The lowest BCUT2D eigenvalue weighted by atomic mass is 10.2. The summed E-state index contributed by atoms with van der Waals surface area (Å²) in [6, 6.07) is 14.5. The van der Waals surface area contributed by atoms with E-state index in [4.69, 9.17) is 17.3 Å². The summed E-state index contributed by atoms with van der Waals surface area (Å²) in [7, 11) is 0. The molecule has 3 N–H and O–H groups in total. The van der Waals surface area contributed by atoms with Crippen molar-refractivity contribution in [2.75, 3.05) is 5.73 Å². The van der Waals surface area contributed by atoms with Crippen LogP contribution >= 0.6 is 45.5 Å². The van der Waals surface area contributed by atoms with Gasteiger partial charge in [-0.1, -0.05) is 23.7 Å². The maximum absolute atomic E-state index is 12.9. The van der Waals surface area contributed by atoms with Crippen LogP contribution in [0, 0.1) is 3.57 Å². The van der Waals surface area contributed by atoms with E-state index in [9.17, 15) is 9.59 Å². The molecule has 0 atom stereocenters. The van der Waals surface area contributed by atoms with Crippen molar-refractivity contribution >= 4 is 67.2 Å². The summed E-state index contributed by atoms with van der Waals surface area (Å²) >= 11 is 9.38. The van der Waals surface area contributed by atoms with Crippen molar-refractivity contribution < 1.29 is 4.79 Å². The summed E-state index contributed by atoms with van der Waals surface area (Å²) in [5.74, 6) is -0.380. The highest BCUT2D eigenvalue weighted by Gasteiger charge is 2.20. The topological polar surface area (TPSA) is 90.0 Å². The zero-order valence-electron chi connectivity index (χ0n) is 14.9. The summed E-state index contributed by atoms with van der Waals surface area (Å²) in [5.41, 5.74) is 7.25. The molecule has 0 unspecified atom stereocenters. The van der Waals surface area contributed by atoms with E-state index >= 15 is 0 Å². The van der Waals surface area contributed by atoms with Crippen LogP contribution in [0.5, 0.6) is 0 Å². The maximum atomic E-state index is 12.9. The maximum Gasteiger partial charge on any atom is 0.282 e. The summed E-state index contributed by atoms with van der Waals surface area (Å²) < 4.78 is 2.30. The van der Waals surface area contributed by atoms with Crippen LogP contribution < -0.4 is 16.6 Å². The first kappa shape index (κ1) is 19.9. The second-order valence-electron chi connectivity index (χ2n) is 6.24. The summed E-state index contributed by atoms with van der Waals surface area (Å²) in [4.78, 5) is 25.9. The Labute approximate surface area is 188 Å². The average Bonchev–Trinajstić information content (AvgIpc) is 3.11. The number of rotatable bonds is 4. The van der Waals surface area contributed by atoms with Crippen LogP contribution in [0.25, 0.3) is 16.5 Å². The van der Waals surface area contributed by atoms with Crippen molar-refractivity contribution in [3.63, 3.8) is 0 Å². The normalized spacial score (nSPS) is 11.0. The number of halogens is 2. The number of fused-ring (bicyclic) bond motifs is 1. The number of amides is 1. The molecule has 0 bridgehead atoms. The number of nitrogens with one attached hydrogen (secondary N) is 1. The first-order chi connectivity index (χ1) is 13.9. The van der Waals surface area contributed by atoms with Gasteiger partial charge in [0.15, 0.2) is 5.69 Å². The molecule has 2 heterocycles. The minimum atomic E-state index is -0.380. The van der Waals surface area contributed by atoms with Crippen LogP contribution in [0.1, 0.15) is 16.1 Å². The standard InChI is InChI=1S/C20H14ClIN4O2S/c21-12-3-7-14(8-4-12)26-20(28)16-15(10-29-18(16)23)17(25-26)19(27)24-9-11-1-5-13(22)6-2-11/h1-8,10H,9,23H2,(H,24,27)/i22-2. The SMILES string of the molecule is Nc1scc2c(C(=O)NCc3ccc([125I])cc3)nn(-c3ccc(Cl)cc3)c(=O)c12. The molecule has 0 fully saturated rings. The number of carbonyl (C=O) groups is 1. The summed E-state index contributed by atoms with van der Waals surface area (Å²) in [6.45, 7) is 0.346. The van der Waals surface area contributed by atoms with E-state index in [-0.39, 0.29) is 17.2 Å². The molecule has 0 aliphatic rings. The molecule has 1 amide bonds. The number of carbonyl (C=O) groups excluding carboxylic acids is 1. The molecule has 0 saturated carbocycles. The number of nitrogen functional groups attached to an aromatic ring is 1. The Kier molecular flexibility index (Phi) is 5.57. The fourth-order valence-corrected chi connectivity index (χ4v) is 4.14. The van der Waals surface area contributed by atoms with E-state index < -0.39 is 0 Å². The molecule has 29 heavy (non-hydrogen) atoms. The second kappa shape index (κ2) is 8.13. The molecule has 0 saturated heterocycles. The molecule has 4 aromatic rings. The fourth-order valence-electron chi connectivity index (χ4n) is 2.87. The number of nitrogens with zero attached hydrogens (tertiary/aromatic N) is 2. The molecule has 0 spiro atoms. The third-order valence-corrected chi connectivity index (χ3v) is 6.12. The Hall–Kier alpha value is -2.43. The minimum Gasteiger partial charge on any atom is -0.390 e. The van der Waals surface area contributed by atoms with Gasteiger partial charge < -0.3 is 11.1 Å². The first-order valence-corrected chi connectivity index (χ1v) is 10.9. The smallest absolute Gasteiger partial charge is 0.282 e. The van der Waals surface area contributed by atoms with Gasteiger partial charge in [-0.2, -0.15) is 9.78 Å². The quantitative estimate of drug-likeness (QED) is 0.384. The van der Waals surface area contributed by atoms with Crippen LogP contribution in [-0.2, 0) is 6.54 Å². The van der Waals surface area contributed by atoms with Gasteiger partial charge in [0.2, 0.25) is 0 Å². The van der Waals surface area contributed by atoms with Crippen LogP contribution in [0.3, 0.4) is 0 Å². The predicted octanol–water partition coefficient (Wildman–Crippen LogP) is 4.22. The van der Waals surface area contributed by atoms with Crippen molar-refractivity contribution in [1.82, 2.24) is 15.1 Å². The molecular formula is C20H14ClIN4O2S. The van der Waals surface area contributed by atoms with Crippen molar-refractivity contribution in [1.29, 1.82) is 0 Å². The second-order valence-corrected chi connectivity index (χ2v) is 8.83. The van der Waals surface area contributed by atoms with Crippen LogP contribution in [0.4, 0.5) is 5.00 Å². The number of anilines is 1. The van der Waals surface area contributed by atoms with E-state index in [0.717, 1.165) is 9.13 Å². The van der Waals surface area contributed by atoms with E-state index in [0.29, 0.717) is 33.0 Å². The Morgan fingerprint density at radius 2 is 1.86 bits per heavy atom. The monoisotopic (exact) mass is 534 g/mol. The van der Waals surface area contributed by atoms with Gasteiger partial charge in [0.1, 0.15) is 0 Å². The number of hydrogen-bond donors (Lipinski definition) is 2. The molecule has 0 radical (unpaired) electrons. The molecule has 9 heteroatoms. The average molecular weight is 535 g/mol. The van der Waals surface area contributed by atoms with Crippen LogP contribution in [-0.4, -0.2) is 15.7 Å². The largest absolute Gasteiger partial charge is 0.390 e. The van der Waals surface area contributed by atoms with E-state index in [1.807, 2.05) is 24.3 Å². The summed E-state index contributed by atoms with van der Waals surface area (Å²) in [6.07, 6.45) is 0. The van der Waals surface area contributed by atoms with Gasteiger partial charge >= 0.3 is 0 Å². The zero-order valence-corrected chi connectivity index (χ0v) is 18.6. The van der Waals surface area contributed by atoms with E-state index in [1.165, 1.54) is 16.0 Å². The Morgan fingerprint density at radius 1 is 1.17 bits per heavy atom. The van der Waals surface area contributed by atoms with Crippen molar-refractivity contribution in [2.45, 2.75) is 6.54 Å². The molecule has 2 aromatic heterocycles. The molecule has 0 aliphatic heterocycles. The van der Waals surface area contributed by atoms with Gasteiger partial charge in [-0.25, -0.2) is 0 Å². The molecule has 2 aromatic carbocycles. The van der Waals surface area contributed by atoms with Gasteiger partial charge in [0.25, 0.3) is 11.5 Å². The van der Waals surface area contributed by atoms with E-state index in [1.54, 1.807) is 29.6 Å². The van der Waals surface area contributed by atoms with Crippen molar-refractivity contribution in [3.8, 4) is 5.69 Å². The lowest BCUT2D eigenvalue weighted by Gasteiger charge is -2.10. The molecule has 6 nitrogen and oxygen atoms in total. The number of thiophene rings is 1. The van der Waals surface area contributed by atoms with Crippen LogP contribution in [0.2, 0.25) is 5.02 Å². The highest BCUT2D eigenvalue weighted by Crippen LogP contribution is 2.27. The lowest BCUT2D eigenvalue weighted by Crippen LogP contribution is -2.29. The Bertz CT molecular complexity index is 1270. The van der Waals surface area contributed by atoms with Gasteiger partial charge in [0.05, 0.1) is 16.1 Å². The zero-order chi connectivity index (χ0) is 20.5. The Balaban J connectivity index is 1.75. The third kappa shape index (κ3) is 4.00. The van der Waals surface area contributed by atoms with E-state index in [2.05, 4.69) is 33.0 Å². The molecule has 4 rings (SSSR count). The highest BCUT2D eigenvalue weighted by molar-refractivity contribution is 14.1. The van der Waals surface area contributed by atoms with Gasteiger partial charge in [-0.3, -0.25) is 9.59 Å². The molecule has 0 aliphatic carbocycles. The predicted molar refractivity (Wildman–Crippen MR) is 125 cm³/mol. The highest BCUT2D eigenvalue weighted by atomic mass is 125. The fraction of sp³-hybridized carbons (Fsp3) is 0.0500. The van der Waals surface area contributed by atoms with Crippen LogP contribution in [0.15, 0.2) is 58.7 Å². The number of aromatic nitrogens is 2. The number of benzene rings is 2. The van der Waals surface area contributed by atoms with Crippen molar-refractivity contribution in [3.05, 3.63) is 84.1 Å². The van der Waals surface area contributed by atoms with Gasteiger partial charge in [0, 0.05) is 25.9 Å². The number of hydrogen-bond acceptors (Lipinski definition) is 5.